The van der Waals surface area contributed by atoms with Crippen molar-refractivity contribution >= 4 is 22.9 Å². The molecule has 0 saturated carbocycles. The Morgan fingerprint density at radius 1 is 1.16 bits per heavy atom. The molecule has 4 aromatic rings. The van der Waals surface area contributed by atoms with Gasteiger partial charge >= 0.3 is 0 Å². The normalized spacial score (nSPS) is 11.1. The number of pyridine rings is 1. The maximum absolute atomic E-state index is 13.2. The number of rotatable bonds is 2. The predicted octanol–water partition coefficient (Wildman–Crippen LogP) is 1.32. The SMILES string of the molecule is Nc1ncn(C(=O)c2cc3ccc(=O)n(-c4ccc(F)cc4)c3[nH]2)n1. The summed E-state index contributed by atoms with van der Waals surface area (Å²) in [5, 5.41) is 4.41. The number of nitrogen functional groups attached to an aromatic ring is 1. The molecule has 25 heavy (non-hydrogen) atoms. The van der Waals surface area contributed by atoms with Crippen molar-refractivity contribution in [2.24, 2.45) is 0 Å². The van der Waals surface area contributed by atoms with Crippen LogP contribution in [-0.4, -0.2) is 30.2 Å². The molecule has 0 amide bonds. The molecule has 0 saturated heterocycles. The zero-order valence-electron chi connectivity index (χ0n) is 12.7. The van der Waals surface area contributed by atoms with Gasteiger partial charge in [0.25, 0.3) is 11.5 Å². The monoisotopic (exact) mass is 338 g/mol. The number of fused-ring (bicyclic) bond motifs is 1. The lowest BCUT2D eigenvalue weighted by Crippen LogP contribution is -2.17. The second kappa shape index (κ2) is 5.41. The Morgan fingerprint density at radius 2 is 1.92 bits per heavy atom. The number of anilines is 1. The highest BCUT2D eigenvalue weighted by atomic mass is 19.1. The highest BCUT2D eigenvalue weighted by molar-refractivity contribution is 5.98. The summed E-state index contributed by atoms with van der Waals surface area (Å²) in [6, 6.07) is 10.0. The number of hydrogen-bond donors (Lipinski definition) is 2. The summed E-state index contributed by atoms with van der Waals surface area (Å²) in [5.74, 6) is -0.902. The van der Waals surface area contributed by atoms with Crippen LogP contribution < -0.4 is 11.3 Å². The molecule has 4 rings (SSSR count). The average molecular weight is 338 g/mol. The number of hydrogen-bond acceptors (Lipinski definition) is 5. The van der Waals surface area contributed by atoms with Crippen LogP contribution in [0.1, 0.15) is 10.5 Å². The number of nitrogens with one attached hydrogen (secondary N) is 1. The van der Waals surface area contributed by atoms with Gasteiger partial charge in [-0.05, 0) is 36.4 Å². The molecule has 9 heteroatoms. The summed E-state index contributed by atoms with van der Waals surface area (Å²) in [7, 11) is 0. The lowest BCUT2D eigenvalue weighted by Gasteiger charge is -2.07. The van der Waals surface area contributed by atoms with Crippen molar-refractivity contribution in [2.45, 2.75) is 0 Å². The number of halogens is 1. The summed E-state index contributed by atoms with van der Waals surface area (Å²) < 4.78 is 15.5. The first-order valence-electron chi connectivity index (χ1n) is 7.25. The lowest BCUT2D eigenvalue weighted by atomic mass is 10.2. The highest BCUT2D eigenvalue weighted by Crippen LogP contribution is 2.18. The predicted molar refractivity (Wildman–Crippen MR) is 88.0 cm³/mol. The average Bonchev–Trinajstić information content (AvgIpc) is 3.21. The molecule has 3 aromatic heterocycles. The van der Waals surface area contributed by atoms with Gasteiger partial charge in [-0.2, -0.15) is 4.68 Å². The first kappa shape index (κ1) is 14.8. The van der Waals surface area contributed by atoms with Gasteiger partial charge < -0.3 is 10.7 Å². The fourth-order valence-electron chi connectivity index (χ4n) is 2.58. The van der Waals surface area contributed by atoms with E-state index in [0.29, 0.717) is 16.7 Å². The van der Waals surface area contributed by atoms with Gasteiger partial charge in [0.15, 0.2) is 0 Å². The van der Waals surface area contributed by atoms with Crippen molar-refractivity contribution in [1.29, 1.82) is 0 Å². The van der Waals surface area contributed by atoms with Crippen LogP contribution in [0.25, 0.3) is 16.7 Å². The Bertz CT molecular complexity index is 1160. The summed E-state index contributed by atoms with van der Waals surface area (Å²) in [6.45, 7) is 0. The van der Waals surface area contributed by atoms with E-state index in [2.05, 4.69) is 15.1 Å². The van der Waals surface area contributed by atoms with Crippen LogP contribution in [0.15, 0.2) is 53.6 Å². The standard InChI is InChI=1S/C16H11FN6O2/c17-10-2-4-11(5-3-10)23-13(24)6-1-9-7-12(20-14(9)23)15(25)22-8-19-16(18)21-22/h1-8,20H,(H2,18,21). The molecule has 0 unspecified atom stereocenters. The van der Waals surface area contributed by atoms with Crippen LogP contribution in [0.4, 0.5) is 10.3 Å². The van der Waals surface area contributed by atoms with Gasteiger partial charge in [-0.25, -0.2) is 9.37 Å². The largest absolute Gasteiger partial charge is 0.366 e. The number of nitrogens with zero attached hydrogens (tertiary/aromatic N) is 4. The van der Waals surface area contributed by atoms with E-state index in [0.717, 1.165) is 4.68 Å². The van der Waals surface area contributed by atoms with Gasteiger partial charge in [-0.1, -0.05) is 0 Å². The second-order valence-corrected chi connectivity index (χ2v) is 5.32. The molecule has 124 valence electrons. The number of aromatic amines is 1. The van der Waals surface area contributed by atoms with Crippen molar-refractivity contribution in [3.05, 3.63) is 70.7 Å². The Kier molecular flexibility index (Phi) is 3.21. The summed E-state index contributed by atoms with van der Waals surface area (Å²) in [4.78, 5) is 31.4. The molecule has 0 fully saturated rings. The molecule has 0 aliphatic heterocycles. The number of aromatic nitrogens is 5. The molecule has 0 bridgehead atoms. The molecule has 3 N–H and O–H groups in total. The fourth-order valence-corrected chi connectivity index (χ4v) is 2.58. The molecule has 3 heterocycles. The van der Waals surface area contributed by atoms with Crippen molar-refractivity contribution in [2.75, 3.05) is 5.73 Å². The van der Waals surface area contributed by atoms with Gasteiger partial charge in [-0.15, -0.1) is 5.10 Å². The minimum Gasteiger partial charge on any atom is -0.366 e. The van der Waals surface area contributed by atoms with Gasteiger partial charge in [0.2, 0.25) is 5.95 Å². The van der Waals surface area contributed by atoms with Gasteiger partial charge in [0.05, 0.1) is 5.69 Å². The van der Waals surface area contributed by atoms with E-state index >= 15 is 0 Å². The molecule has 1 aromatic carbocycles. The van der Waals surface area contributed by atoms with Crippen molar-refractivity contribution in [1.82, 2.24) is 24.3 Å². The minimum absolute atomic E-state index is 0.0207. The van der Waals surface area contributed by atoms with Gasteiger partial charge in [0, 0.05) is 11.5 Å². The third-order valence-electron chi connectivity index (χ3n) is 3.71. The van der Waals surface area contributed by atoms with E-state index in [1.807, 2.05) is 0 Å². The van der Waals surface area contributed by atoms with Crippen LogP contribution in [0.5, 0.6) is 0 Å². The third-order valence-corrected chi connectivity index (χ3v) is 3.71. The van der Waals surface area contributed by atoms with E-state index in [1.54, 1.807) is 12.1 Å². The molecule has 0 spiro atoms. The fraction of sp³-hybridized carbons (Fsp3) is 0. The Labute approximate surface area is 139 Å². The highest BCUT2D eigenvalue weighted by Gasteiger charge is 2.16. The maximum Gasteiger partial charge on any atom is 0.296 e. The van der Waals surface area contributed by atoms with E-state index < -0.39 is 11.7 Å². The number of carbonyl (C=O) groups excluding carboxylic acids is 1. The maximum atomic E-state index is 13.2. The molecule has 8 nitrogen and oxygen atoms in total. The van der Waals surface area contributed by atoms with Gasteiger partial charge in [-0.3, -0.25) is 14.2 Å². The number of H-pyrrole nitrogens is 1. The summed E-state index contributed by atoms with van der Waals surface area (Å²) >= 11 is 0. The van der Waals surface area contributed by atoms with E-state index in [9.17, 15) is 14.0 Å². The van der Waals surface area contributed by atoms with Crippen LogP contribution in [0, 0.1) is 5.82 Å². The lowest BCUT2D eigenvalue weighted by molar-refractivity contribution is 0.0940. The van der Waals surface area contributed by atoms with Crippen molar-refractivity contribution in [3.8, 4) is 5.69 Å². The zero-order chi connectivity index (χ0) is 17.6. The topological polar surface area (TPSA) is 112 Å². The third kappa shape index (κ3) is 2.47. The first-order valence-corrected chi connectivity index (χ1v) is 7.25. The summed E-state index contributed by atoms with van der Waals surface area (Å²) in [6.07, 6.45) is 1.20. The summed E-state index contributed by atoms with van der Waals surface area (Å²) in [5.41, 5.74) is 6.20. The van der Waals surface area contributed by atoms with E-state index in [-0.39, 0.29) is 17.2 Å². The molecule has 0 radical (unpaired) electrons. The van der Waals surface area contributed by atoms with Crippen LogP contribution >= 0.6 is 0 Å². The van der Waals surface area contributed by atoms with E-state index in [4.69, 9.17) is 5.73 Å². The zero-order valence-corrected chi connectivity index (χ0v) is 12.7. The Balaban J connectivity index is 1.89. The Morgan fingerprint density at radius 3 is 2.60 bits per heavy atom. The van der Waals surface area contributed by atoms with Gasteiger partial charge in [0.1, 0.15) is 23.5 Å². The van der Waals surface area contributed by atoms with E-state index in [1.165, 1.54) is 41.2 Å². The number of carbonyl (C=O) groups is 1. The van der Waals surface area contributed by atoms with Crippen molar-refractivity contribution < 1.29 is 9.18 Å². The first-order chi connectivity index (χ1) is 12.0. The molecule has 0 aliphatic rings. The second-order valence-electron chi connectivity index (χ2n) is 5.32. The Hall–Kier alpha value is -3.75. The number of benzene rings is 1. The molecule has 0 aliphatic carbocycles. The van der Waals surface area contributed by atoms with Crippen molar-refractivity contribution in [3.63, 3.8) is 0 Å². The van der Waals surface area contributed by atoms with Crippen LogP contribution in [0.3, 0.4) is 0 Å². The van der Waals surface area contributed by atoms with Crippen LogP contribution in [-0.2, 0) is 0 Å². The quantitative estimate of drug-likeness (QED) is 0.572. The number of nitrogens with two attached hydrogens (primary N) is 1. The molecular weight excluding hydrogens is 327 g/mol. The molecular formula is C16H11FN6O2. The smallest absolute Gasteiger partial charge is 0.296 e. The minimum atomic E-state index is -0.474. The van der Waals surface area contributed by atoms with Crippen LogP contribution in [0.2, 0.25) is 0 Å². The molecule has 0 atom stereocenters.